The molecule has 0 aliphatic heterocycles. The molecule has 0 saturated heterocycles. The number of carbonyl (C=O) groups excluding carboxylic acids is 2. The molecule has 23 heavy (non-hydrogen) atoms. The molecule has 2 rings (SSSR count). The Hall–Kier alpha value is -3.16. The summed E-state index contributed by atoms with van der Waals surface area (Å²) < 4.78 is 29.0. The van der Waals surface area contributed by atoms with Gasteiger partial charge in [0.1, 0.15) is 5.75 Å². The van der Waals surface area contributed by atoms with Gasteiger partial charge in [0, 0.05) is 11.3 Å². The first-order valence-corrected chi connectivity index (χ1v) is 6.47. The summed E-state index contributed by atoms with van der Waals surface area (Å²) in [5.41, 5.74) is 5.80. The van der Waals surface area contributed by atoms with E-state index in [-0.39, 0.29) is 17.0 Å². The Morgan fingerprint density at radius 3 is 2.26 bits per heavy atom. The standard InChI is InChI=1S/C15H13F2N3O3/c16-14(17)23-12-4-2-1-3-11(12)20-13(21)9-5-7-10(8-6-9)19-15(18)22/h1-8,14H,(H,20,21)(H3,18,19,22). The first kappa shape index (κ1) is 16.2. The molecule has 3 amide bonds. The summed E-state index contributed by atoms with van der Waals surface area (Å²) in [7, 11) is 0. The Balaban J connectivity index is 2.11. The molecule has 4 N–H and O–H groups in total. The molecule has 0 aliphatic rings. The fourth-order valence-electron chi connectivity index (χ4n) is 1.81. The number of nitrogens with two attached hydrogens (primary N) is 1. The Morgan fingerprint density at radius 1 is 1.00 bits per heavy atom. The van der Waals surface area contributed by atoms with Crippen molar-refractivity contribution in [3.63, 3.8) is 0 Å². The van der Waals surface area contributed by atoms with Gasteiger partial charge in [-0.05, 0) is 36.4 Å². The van der Waals surface area contributed by atoms with Crippen molar-refractivity contribution in [1.29, 1.82) is 0 Å². The molecule has 6 nitrogen and oxygen atoms in total. The highest BCUT2D eigenvalue weighted by Gasteiger charge is 2.12. The number of urea groups is 1. The topological polar surface area (TPSA) is 93.5 Å². The van der Waals surface area contributed by atoms with Gasteiger partial charge in [0.15, 0.2) is 0 Å². The van der Waals surface area contributed by atoms with Crippen LogP contribution >= 0.6 is 0 Å². The SMILES string of the molecule is NC(=O)Nc1ccc(C(=O)Nc2ccccc2OC(F)F)cc1. The summed E-state index contributed by atoms with van der Waals surface area (Å²) in [5, 5.41) is 4.84. The summed E-state index contributed by atoms with van der Waals surface area (Å²) in [5.74, 6) is -0.649. The number of nitrogens with one attached hydrogen (secondary N) is 2. The minimum Gasteiger partial charge on any atom is -0.433 e. The predicted octanol–water partition coefficient (Wildman–Crippen LogP) is 3.03. The van der Waals surface area contributed by atoms with Gasteiger partial charge in [0.25, 0.3) is 5.91 Å². The van der Waals surface area contributed by atoms with E-state index in [0.29, 0.717) is 5.69 Å². The molecule has 8 heteroatoms. The maximum absolute atomic E-state index is 12.3. The first-order chi connectivity index (χ1) is 11.0. The lowest BCUT2D eigenvalue weighted by molar-refractivity contribution is -0.0493. The van der Waals surface area contributed by atoms with Gasteiger partial charge in [-0.1, -0.05) is 12.1 Å². The summed E-state index contributed by atoms with van der Waals surface area (Å²) in [6, 6.07) is 11.0. The number of carbonyl (C=O) groups is 2. The minimum absolute atomic E-state index is 0.122. The van der Waals surface area contributed by atoms with Crippen LogP contribution in [0.4, 0.5) is 25.0 Å². The molecule has 0 heterocycles. The second-order valence-electron chi connectivity index (χ2n) is 4.40. The van der Waals surface area contributed by atoms with Crippen LogP contribution in [-0.4, -0.2) is 18.5 Å². The molecule has 0 saturated carbocycles. The van der Waals surface area contributed by atoms with E-state index in [0.717, 1.165) is 0 Å². The Labute approximate surface area is 130 Å². The molecular formula is C15H13F2N3O3. The molecule has 0 atom stereocenters. The van der Waals surface area contributed by atoms with Crippen LogP contribution in [0, 0.1) is 0 Å². The van der Waals surface area contributed by atoms with Crippen molar-refractivity contribution in [2.45, 2.75) is 6.61 Å². The number of para-hydroxylation sites is 2. The molecule has 2 aromatic rings. The van der Waals surface area contributed by atoms with Crippen molar-refractivity contribution >= 4 is 23.3 Å². The number of anilines is 2. The van der Waals surface area contributed by atoms with Crippen LogP contribution in [0.1, 0.15) is 10.4 Å². The molecule has 0 unspecified atom stereocenters. The zero-order chi connectivity index (χ0) is 16.8. The lowest BCUT2D eigenvalue weighted by atomic mass is 10.2. The zero-order valence-corrected chi connectivity index (χ0v) is 11.8. The molecule has 0 radical (unpaired) electrons. The van der Waals surface area contributed by atoms with E-state index in [1.165, 1.54) is 42.5 Å². The zero-order valence-electron chi connectivity index (χ0n) is 11.8. The van der Waals surface area contributed by atoms with Crippen molar-refractivity contribution in [3.8, 4) is 5.75 Å². The number of halogens is 2. The van der Waals surface area contributed by atoms with E-state index in [1.54, 1.807) is 6.07 Å². The number of amides is 3. The third-order valence-electron chi connectivity index (χ3n) is 2.77. The summed E-state index contributed by atoms with van der Waals surface area (Å²) in [6.45, 7) is -2.99. The van der Waals surface area contributed by atoms with Gasteiger partial charge in [0.2, 0.25) is 0 Å². The Bertz CT molecular complexity index is 705. The molecule has 0 aliphatic carbocycles. The fourth-order valence-corrected chi connectivity index (χ4v) is 1.81. The third-order valence-corrected chi connectivity index (χ3v) is 2.77. The van der Waals surface area contributed by atoms with E-state index >= 15 is 0 Å². The fraction of sp³-hybridized carbons (Fsp3) is 0.0667. The van der Waals surface area contributed by atoms with Gasteiger partial charge >= 0.3 is 12.6 Å². The molecule has 120 valence electrons. The van der Waals surface area contributed by atoms with Crippen molar-refractivity contribution < 1.29 is 23.1 Å². The van der Waals surface area contributed by atoms with Crippen molar-refractivity contribution in [3.05, 3.63) is 54.1 Å². The van der Waals surface area contributed by atoms with E-state index in [4.69, 9.17) is 5.73 Å². The number of hydrogen-bond acceptors (Lipinski definition) is 3. The number of benzene rings is 2. The second kappa shape index (κ2) is 7.21. The van der Waals surface area contributed by atoms with Crippen LogP contribution < -0.4 is 21.1 Å². The highest BCUT2D eigenvalue weighted by atomic mass is 19.3. The third kappa shape index (κ3) is 4.67. The van der Waals surface area contributed by atoms with E-state index in [1.807, 2.05) is 0 Å². The number of ether oxygens (including phenoxy) is 1. The smallest absolute Gasteiger partial charge is 0.387 e. The number of rotatable bonds is 5. The highest BCUT2D eigenvalue weighted by Crippen LogP contribution is 2.26. The molecule has 0 bridgehead atoms. The molecular weight excluding hydrogens is 308 g/mol. The first-order valence-electron chi connectivity index (χ1n) is 6.47. The van der Waals surface area contributed by atoms with E-state index in [2.05, 4.69) is 15.4 Å². The maximum Gasteiger partial charge on any atom is 0.387 e. The van der Waals surface area contributed by atoms with E-state index < -0.39 is 18.5 Å². The van der Waals surface area contributed by atoms with Crippen LogP contribution in [0.15, 0.2) is 48.5 Å². The van der Waals surface area contributed by atoms with Gasteiger partial charge in [-0.2, -0.15) is 8.78 Å². The van der Waals surface area contributed by atoms with Gasteiger partial charge in [0.05, 0.1) is 5.69 Å². The number of hydrogen-bond donors (Lipinski definition) is 3. The van der Waals surface area contributed by atoms with Gasteiger partial charge in [-0.3, -0.25) is 4.79 Å². The maximum atomic E-state index is 12.3. The number of primary amides is 1. The summed E-state index contributed by atoms with van der Waals surface area (Å²) >= 11 is 0. The van der Waals surface area contributed by atoms with Crippen LogP contribution in [-0.2, 0) is 0 Å². The van der Waals surface area contributed by atoms with Crippen LogP contribution in [0.5, 0.6) is 5.75 Å². The van der Waals surface area contributed by atoms with Gasteiger partial charge in [-0.25, -0.2) is 4.79 Å². The monoisotopic (exact) mass is 321 g/mol. The highest BCUT2D eigenvalue weighted by molar-refractivity contribution is 6.05. The summed E-state index contributed by atoms with van der Waals surface area (Å²) in [4.78, 5) is 22.8. The molecule has 2 aromatic carbocycles. The van der Waals surface area contributed by atoms with Crippen LogP contribution in [0.3, 0.4) is 0 Å². The largest absolute Gasteiger partial charge is 0.433 e. The van der Waals surface area contributed by atoms with E-state index in [9.17, 15) is 18.4 Å². The van der Waals surface area contributed by atoms with Crippen molar-refractivity contribution in [2.75, 3.05) is 10.6 Å². The number of alkyl halides is 2. The molecule has 0 spiro atoms. The Morgan fingerprint density at radius 2 is 1.65 bits per heavy atom. The Kier molecular flexibility index (Phi) is 5.08. The second-order valence-corrected chi connectivity index (χ2v) is 4.40. The lowest BCUT2D eigenvalue weighted by Crippen LogP contribution is -2.19. The average Bonchev–Trinajstić information content (AvgIpc) is 2.49. The predicted molar refractivity (Wildman–Crippen MR) is 80.7 cm³/mol. The van der Waals surface area contributed by atoms with Crippen LogP contribution in [0.25, 0.3) is 0 Å². The molecule has 0 aromatic heterocycles. The average molecular weight is 321 g/mol. The summed E-state index contributed by atoms with van der Waals surface area (Å²) in [6.07, 6.45) is 0. The van der Waals surface area contributed by atoms with Gasteiger partial charge in [-0.15, -0.1) is 0 Å². The van der Waals surface area contributed by atoms with Gasteiger partial charge < -0.3 is 21.1 Å². The normalized spacial score (nSPS) is 10.2. The van der Waals surface area contributed by atoms with Crippen molar-refractivity contribution in [1.82, 2.24) is 0 Å². The van der Waals surface area contributed by atoms with Crippen LogP contribution in [0.2, 0.25) is 0 Å². The minimum atomic E-state index is -2.99. The quantitative estimate of drug-likeness (QED) is 0.790. The lowest BCUT2D eigenvalue weighted by Gasteiger charge is -2.11. The van der Waals surface area contributed by atoms with Crippen molar-refractivity contribution in [2.24, 2.45) is 5.73 Å². The molecule has 0 fully saturated rings.